The lowest BCUT2D eigenvalue weighted by molar-refractivity contribution is -0.151. The van der Waals surface area contributed by atoms with Gasteiger partial charge in [0, 0.05) is 12.6 Å². The maximum Gasteiger partial charge on any atom is 0.326 e. The number of rotatable bonds is 7. The lowest BCUT2D eigenvalue weighted by Crippen LogP contribution is -2.53. The van der Waals surface area contributed by atoms with E-state index in [1.54, 1.807) is 11.0 Å². The van der Waals surface area contributed by atoms with Crippen LogP contribution in [0.5, 0.6) is 0 Å². The van der Waals surface area contributed by atoms with Gasteiger partial charge < -0.3 is 4.74 Å². The molecule has 0 amide bonds. The van der Waals surface area contributed by atoms with Crippen LogP contribution in [0.25, 0.3) is 0 Å². The third-order valence-electron chi connectivity index (χ3n) is 2.64. The summed E-state index contributed by atoms with van der Waals surface area (Å²) in [4.78, 5) is 15.9. The third kappa shape index (κ3) is 4.10. The highest BCUT2D eigenvalue weighted by Crippen LogP contribution is 2.14. The van der Waals surface area contributed by atoms with Crippen LogP contribution < -0.4 is 5.32 Å². The Morgan fingerprint density at radius 1 is 1.56 bits per heavy atom. The number of hydrogen-bond acceptors (Lipinski definition) is 5. The molecule has 0 spiro atoms. The monoisotopic (exact) mass is 254 g/mol. The summed E-state index contributed by atoms with van der Waals surface area (Å²) in [6, 6.07) is 0.204. The number of esters is 1. The number of ether oxygens (including phenoxy) is 1. The Morgan fingerprint density at radius 2 is 2.28 bits per heavy atom. The second-order valence-electron chi connectivity index (χ2n) is 4.76. The van der Waals surface area contributed by atoms with Crippen molar-refractivity contribution in [3.05, 3.63) is 12.7 Å². The molecule has 1 aromatic rings. The molecule has 0 aliphatic carbocycles. The Bertz CT molecular complexity index is 364. The minimum absolute atomic E-state index is 0.204. The van der Waals surface area contributed by atoms with Crippen molar-refractivity contribution >= 4 is 5.97 Å². The van der Waals surface area contributed by atoms with Crippen LogP contribution in [-0.2, 0) is 16.1 Å². The van der Waals surface area contributed by atoms with Gasteiger partial charge in [-0.3, -0.25) is 14.8 Å². The molecular weight excluding hydrogens is 232 g/mol. The molecule has 18 heavy (non-hydrogen) atoms. The van der Waals surface area contributed by atoms with Crippen molar-refractivity contribution in [1.82, 2.24) is 20.1 Å². The summed E-state index contributed by atoms with van der Waals surface area (Å²) < 4.78 is 6.84. The molecule has 0 aromatic carbocycles. The molecule has 6 heteroatoms. The van der Waals surface area contributed by atoms with Gasteiger partial charge in [0.15, 0.2) is 0 Å². The summed E-state index contributed by atoms with van der Waals surface area (Å²) in [5.41, 5.74) is -0.698. The number of nitrogens with one attached hydrogen (secondary N) is 1. The maximum absolute atomic E-state index is 12.0. The van der Waals surface area contributed by atoms with E-state index >= 15 is 0 Å². The van der Waals surface area contributed by atoms with Gasteiger partial charge >= 0.3 is 5.97 Å². The Labute approximate surface area is 108 Å². The summed E-state index contributed by atoms with van der Waals surface area (Å²) in [5.74, 6) is -0.223. The van der Waals surface area contributed by atoms with Gasteiger partial charge in [0.2, 0.25) is 0 Å². The van der Waals surface area contributed by atoms with E-state index in [0.717, 1.165) is 0 Å². The zero-order valence-corrected chi connectivity index (χ0v) is 11.5. The minimum atomic E-state index is -0.698. The molecule has 0 saturated carbocycles. The number of nitrogens with zero attached hydrogens (tertiary/aromatic N) is 3. The molecule has 6 nitrogen and oxygen atoms in total. The van der Waals surface area contributed by atoms with Crippen molar-refractivity contribution in [2.75, 3.05) is 6.61 Å². The molecule has 0 fully saturated rings. The van der Waals surface area contributed by atoms with Crippen LogP contribution in [0.15, 0.2) is 12.7 Å². The topological polar surface area (TPSA) is 69.0 Å². The largest absolute Gasteiger partial charge is 0.465 e. The fraction of sp³-hybridized carbons (Fsp3) is 0.750. The average molecular weight is 254 g/mol. The lowest BCUT2D eigenvalue weighted by atomic mass is 9.96. The molecule has 1 unspecified atom stereocenters. The molecule has 1 atom stereocenters. The van der Waals surface area contributed by atoms with Gasteiger partial charge in [-0.05, 0) is 34.1 Å². The number of aryl methyl sites for hydroxylation is 1. The molecule has 1 rings (SSSR count). The summed E-state index contributed by atoms with van der Waals surface area (Å²) in [5, 5.41) is 7.30. The van der Waals surface area contributed by atoms with E-state index in [1.807, 2.05) is 27.7 Å². The smallest absolute Gasteiger partial charge is 0.326 e. The number of carbonyl (C=O) groups excluding carboxylic acids is 1. The normalized spacial score (nSPS) is 14.5. The molecule has 1 N–H and O–H groups in total. The van der Waals surface area contributed by atoms with Gasteiger partial charge in [0.1, 0.15) is 18.2 Å². The van der Waals surface area contributed by atoms with Crippen molar-refractivity contribution in [2.45, 2.75) is 52.2 Å². The zero-order valence-electron chi connectivity index (χ0n) is 11.5. The minimum Gasteiger partial charge on any atom is -0.465 e. The predicted octanol–water partition coefficient (Wildman–Crippen LogP) is 0.988. The number of hydrogen-bond donors (Lipinski definition) is 1. The van der Waals surface area contributed by atoms with E-state index in [9.17, 15) is 4.79 Å². The quantitative estimate of drug-likeness (QED) is 0.735. The summed E-state index contributed by atoms with van der Waals surface area (Å²) in [7, 11) is 0. The Morgan fingerprint density at radius 3 is 2.78 bits per heavy atom. The van der Waals surface area contributed by atoms with Gasteiger partial charge in [-0.1, -0.05) is 0 Å². The van der Waals surface area contributed by atoms with E-state index in [1.165, 1.54) is 6.33 Å². The van der Waals surface area contributed by atoms with E-state index < -0.39 is 5.54 Å². The SMILES string of the molecule is CCOC(=O)C(C)(CCn1cncn1)NC(C)C. The number of aromatic nitrogens is 3. The van der Waals surface area contributed by atoms with Crippen LogP contribution in [0.2, 0.25) is 0 Å². The fourth-order valence-corrected chi connectivity index (χ4v) is 1.85. The van der Waals surface area contributed by atoms with Crippen molar-refractivity contribution < 1.29 is 9.53 Å². The van der Waals surface area contributed by atoms with Gasteiger partial charge in [-0.2, -0.15) is 5.10 Å². The second kappa shape index (κ2) is 6.49. The van der Waals surface area contributed by atoms with Crippen LogP contribution >= 0.6 is 0 Å². The molecule has 0 radical (unpaired) electrons. The molecule has 102 valence electrons. The molecule has 1 heterocycles. The second-order valence-corrected chi connectivity index (χ2v) is 4.76. The van der Waals surface area contributed by atoms with Gasteiger partial charge in [0.25, 0.3) is 0 Å². The van der Waals surface area contributed by atoms with Gasteiger partial charge in [-0.25, -0.2) is 4.98 Å². The number of carbonyl (C=O) groups is 1. The summed E-state index contributed by atoms with van der Waals surface area (Å²) in [6.45, 7) is 8.69. The van der Waals surface area contributed by atoms with Gasteiger partial charge in [-0.15, -0.1) is 0 Å². The molecule has 0 saturated heterocycles. The predicted molar refractivity (Wildman–Crippen MR) is 67.9 cm³/mol. The first kappa shape index (κ1) is 14.6. The average Bonchev–Trinajstić information content (AvgIpc) is 2.78. The maximum atomic E-state index is 12.0. The van der Waals surface area contributed by atoms with Crippen LogP contribution in [0, 0.1) is 0 Å². The Hall–Kier alpha value is -1.43. The zero-order chi connectivity index (χ0) is 13.6. The third-order valence-corrected chi connectivity index (χ3v) is 2.64. The lowest BCUT2D eigenvalue weighted by Gasteiger charge is -2.30. The van der Waals surface area contributed by atoms with Crippen molar-refractivity contribution in [3.63, 3.8) is 0 Å². The molecule has 0 aliphatic heterocycles. The van der Waals surface area contributed by atoms with Crippen molar-refractivity contribution in [1.29, 1.82) is 0 Å². The molecular formula is C12H22N4O2. The van der Waals surface area contributed by atoms with Crippen LogP contribution in [0.1, 0.15) is 34.1 Å². The molecule has 0 bridgehead atoms. The van der Waals surface area contributed by atoms with E-state index in [0.29, 0.717) is 19.6 Å². The highest BCUT2D eigenvalue weighted by atomic mass is 16.5. The van der Waals surface area contributed by atoms with E-state index in [2.05, 4.69) is 15.4 Å². The van der Waals surface area contributed by atoms with Gasteiger partial charge in [0.05, 0.1) is 6.61 Å². The van der Waals surface area contributed by atoms with Crippen LogP contribution in [0.3, 0.4) is 0 Å². The van der Waals surface area contributed by atoms with E-state index in [4.69, 9.17) is 4.74 Å². The van der Waals surface area contributed by atoms with E-state index in [-0.39, 0.29) is 12.0 Å². The summed E-state index contributed by atoms with van der Waals surface area (Å²) in [6.07, 6.45) is 3.73. The Kier molecular flexibility index (Phi) is 5.27. The van der Waals surface area contributed by atoms with Crippen molar-refractivity contribution in [3.8, 4) is 0 Å². The highest BCUT2D eigenvalue weighted by Gasteiger charge is 2.34. The first-order valence-corrected chi connectivity index (χ1v) is 6.25. The van der Waals surface area contributed by atoms with Crippen molar-refractivity contribution in [2.24, 2.45) is 0 Å². The molecule has 0 aliphatic rings. The molecule has 1 aromatic heterocycles. The summed E-state index contributed by atoms with van der Waals surface area (Å²) >= 11 is 0. The van der Waals surface area contributed by atoms with Crippen LogP contribution in [0.4, 0.5) is 0 Å². The van der Waals surface area contributed by atoms with Crippen LogP contribution in [-0.4, -0.2) is 38.9 Å². The highest BCUT2D eigenvalue weighted by molar-refractivity contribution is 5.80. The first-order valence-electron chi connectivity index (χ1n) is 6.25. The first-order chi connectivity index (χ1) is 8.48. The standard InChI is InChI=1S/C12H22N4O2/c1-5-18-11(17)12(4,15-10(2)3)6-7-16-9-13-8-14-16/h8-10,15H,5-7H2,1-4H3. The Balaban J connectivity index is 2.67. The fourth-order valence-electron chi connectivity index (χ4n) is 1.85.